The molecule has 0 saturated heterocycles. The predicted molar refractivity (Wildman–Crippen MR) is 59.1 cm³/mol. The summed E-state index contributed by atoms with van der Waals surface area (Å²) in [4.78, 5) is 10.9. The number of carboxylic acid groups (broad SMARTS) is 1. The maximum atomic E-state index is 10.9. The highest BCUT2D eigenvalue weighted by Crippen LogP contribution is 2.59. The zero-order valence-electron chi connectivity index (χ0n) is 9.57. The summed E-state index contributed by atoms with van der Waals surface area (Å²) in [6.45, 7) is 2.52. The van der Waals surface area contributed by atoms with Crippen molar-refractivity contribution in [3.8, 4) is 0 Å². The van der Waals surface area contributed by atoms with Crippen LogP contribution in [0.3, 0.4) is 0 Å². The van der Waals surface area contributed by atoms with Crippen LogP contribution in [0.25, 0.3) is 0 Å². The van der Waals surface area contributed by atoms with Crippen LogP contribution in [0, 0.1) is 17.3 Å². The van der Waals surface area contributed by atoms with Crippen LogP contribution < -0.4 is 5.48 Å². The third-order valence-electron chi connectivity index (χ3n) is 4.21. The van der Waals surface area contributed by atoms with Crippen molar-refractivity contribution < 1.29 is 15.1 Å². The first-order chi connectivity index (χ1) is 7.61. The second-order valence-electron chi connectivity index (χ2n) is 5.14. The van der Waals surface area contributed by atoms with E-state index in [9.17, 15) is 4.79 Å². The van der Waals surface area contributed by atoms with Crippen LogP contribution >= 0.6 is 0 Å². The van der Waals surface area contributed by atoms with E-state index in [1.54, 1.807) is 0 Å². The van der Waals surface area contributed by atoms with Gasteiger partial charge >= 0.3 is 5.97 Å². The van der Waals surface area contributed by atoms with E-state index < -0.39 is 5.97 Å². The molecule has 0 aromatic carbocycles. The van der Waals surface area contributed by atoms with Crippen molar-refractivity contribution in [2.75, 3.05) is 6.54 Å². The molecule has 2 aliphatic rings. The number of carboxylic acids is 1. The lowest BCUT2D eigenvalue weighted by Gasteiger charge is -2.51. The number of carbonyl (C=O) groups is 1. The molecule has 0 bridgehead atoms. The normalized spacial score (nSPS) is 36.5. The molecule has 0 radical (unpaired) electrons. The van der Waals surface area contributed by atoms with E-state index in [1.807, 2.05) is 0 Å². The zero-order valence-corrected chi connectivity index (χ0v) is 9.57. The molecule has 1 saturated carbocycles. The largest absolute Gasteiger partial charge is 0.481 e. The lowest BCUT2D eigenvalue weighted by molar-refractivity contribution is -0.145. The SMILES string of the molecule is CCC1=C[C@H]2[C@H](C1)C[C@@]2(CNO)CC(=O)O. The molecule has 2 aliphatic carbocycles. The van der Waals surface area contributed by atoms with E-state index >= 15 is 0 Å². The number of fused-ring (bicyclic) bond motifs is 1. The van der Waals surface area contributed by atoms with E-state index in [0.717, 1.165) is 19.3 Å². The molecule has 2 rings (SSSR count). The fraction of sp³-hybridized carbons (Fsp3) is 0.750. The van der Waals surface area contributed by atoms with Gasteiger partial charge in [0.2, 0.25) is 0 Å². The highest BCUT2D eigenvalue weighted by molar-refractivity contribution is 5.68. The van der Waals surface area contributed by atoms with Gasteiger partial charge in [-0.25, -0.2) is 5.48 Å². The van der Waals surface area contributed by atoms with Gasteiger partial charge in [-0.1, -0.05) is 18.6 Å². The average Bonchev–Trinajstić information content (AvgIpc) is 2.55. The molecule has 16 heavy (non-hydrogen) atoms. The molecule has 0 aliphatic heterocycles. The van der Waals surface area contributed by atoms with E-state index in [4.69, 9.17) is 10.3 Å². The molecule has 0 amide bonds. The van der Waals surface area contributed by atoms with Gasteiger partial charge in [0.1, 0.15) is 0 Å². The minimum absolute atomic E-state index is 0.148. The standard InChI is InChI=1S/C12H19NO3/c1-2-8-3-9-5-12(7-13-16,6-11(14)15)10(9)4-8/h4,9-10,13,16H,2-3,5-7H2,1H3,(H,14,15)/t9-,10+,12+/m1/s1. The Morgan fingerprint density at radius 1 is 1.69 bits per heavy atom. The van der Waals surface area contributed by atoms with Crippen LogP contribution in [0.15, 0.2) is 11.6 Å². The van der Waals surface area contributed by atoms with Crippen LogP contribution in [0.4, 0.5) is 0 Å². The monoisotopic (exact) mass is 225 g/mol. The molecular weight excluding hydrogens is 206 g/mol. The first-order valence-electron chi connectivity index (χ1n) is 5.89. The minimum Gasteiger partial charge on any atom is -0.481 e. The molecule has 4 nitrogen and oxygen atoms in total. The molecule has 0 aromatic rings. The number of hydrogen-bond donors (Lipinski definition) is 3. The second-order valence-corrected chi connectivity index (χ2v) is 5.14. The van der Waals surface area contributed by atoms with Gasteiger partial charge in [-0.2, -0.15) is 0 Å². The molecule has 4 heteroatoms. The van der Waals surface area contributed by atoms with Crippen LogP contribution in [-0.4, -0.2) is 22.8 Å². The molecule has 0 unspecified atom stereocenters. The molecule has 0 heterocycles. The van der Waals surface area contributed by atoms with Gasteiger partial charge in [0.05, 0.1) is 6.42 Å². The summed E-state index contributed by atoms with van der Waals surface area (Å²) in [5.41, 5.74) is 3.35. The Bertz CT molecular complexity index is 326. The smallest absolute Gasteiger partial charge is 0.303 e. The van der Waals surface area contributed by atoms with Crippen LogP contribution in [-0.2, 0) is 4.79 Å². The Hall–Kier alpha value is -0.870. The topological polar surface area (TPSA) is 69.6 Å². The van der Waals surface area contributed by atoms with Crippen molar-refractivity contribution in [1.82, 2.24) is 5.48 Å². The summed E-state index contributed by atoms with van der Waals surface area (Å²) in [5.74, 6) is 0.188. The van der Waals surface area contributed by atoms with Crippen molar-refractivity contribution in [1.29, 1.82) is 0 Å². The quantitative estimate of drug-likeness (QED) is 0.493. The summed E-state index contributed by atoms with van der Waals surface area (Å²) < 4.78 is 0. The molecule has 90 valence electrons. The van der Waals surface area contributed by atoms with E-state index in [-0.39, 0.29) is 11.8 Å². The zero-order chi connectivity index (χ0) is 11.8. The summed E-state index contributed by atoms with van der Waals surface area (Å²) in [5, 5.41) is 17.8. The Morgan fingerprint density at radius 3 is 3.00 bits per heavy atom. The Balaban J connectivity index is 2.11. The van der Waals surface area contributed by atoms with Gasteiger partial charge in [0.15, 0.2) is 0 Å². The van der Waals surface area contributed by atoms with Crippen LogP contribution in [0.1, 0.15) is 32.6 Å². The van der Waals surface area contributed by atoms with Gasteiger partial charge in [-0.05, 0) is 31.1 Å². The lowest BCUT2D eigenvalue weighted by Crippen LogP contribution is -2.52. The number of rotatable bonds is 5. The number of allylic oxidation sites excluding steroid dienone is 2. The van der Waals surface area contributed by atoms with E-state index in [1.165, 1.54) is 5.57 Å². The average molecular weight is 225 g/mol. The third-order valence-corrected chi connectivity index (χ3v) is 4.21. The Labute approximate surface area is 95.3 Å². The van der Waals surface area contributed by atoms with Gasteiger partial charge in [-0.3, -0.25) is 4.79 Å². The fourth-order valence-electron chi connectivity index (χ4n) is 3.46. The van der Waals surface area contributed by atoms with Crippen molar-refractivity contribution in [2.45, 2.75) is 32.6 Å². The van der Waals surface area contributed by atoms with Gasteiger partial charge in [-0.15, -0.1) is 0 Å². The first-order valence-corrected chi connectivity index (χ1v) is 5.89. The number of hydrogen-bond acceptors (Lipinski definition) is 3. The summed E-state index contributed by atoms with van der Waals surface area (Å²) in [6, 6.07) is 0. The van der Waals surface area contributed by atoms with Crippen molar-refractivity contribution >= 4 is 5.97 Å². The molecule has 3 atom stereocenters. The fourth-order valence-corrected chi connectivity index (χ4v) is 3.46. The lowest BCUT2D eigenvalue weighted by atomic mass is 9.53. The maximum absolute atomic E-state index is 10.9. The summed E-state index contributed by atoms with van der Waals surface area (Å²) in [7, 11) is 0. The second kappa shape index (κ2) is 4.18. The summed E-state index contributed by atoms with van der Waals surface area (Å²) in [6.07, 6.45) is 5.48. The van der Waals surface area contributed by atoms with Crippen molar-refractivity contribution in [3.05, 3.63) is 11.6 Å². The Kier molecular flexibility index (Phi) is 3.04. The first kappa shape index (κ1) is 11.6. The number of aliphatic carboxylic acids is 1. The van der Waals surface area contributed by atoms with Gasteiger partial charge in [0.25, 0.3) is 0 Å². The predicted octanol–water partition coefficient (Wildman–Crippen LogP) is 1.80. The van der Waals surface area contributed by atoms with Gasteiger partial charge in [0, 0.05) is 12.0 Å². The van der Waals surface area contributed by atoms with Crippen molar-refractivity contribution in [3.63, 3.8) is 0 Å². The minimum atomic E-state index is -0.771. The van der Waals surface area contributed by atoms with E-state index in [0.29, 0.717) is 18.4 Å². The molecule has 0 spiro atoms. The maximum Gasteiger partial charge on any atom is 0.303 e. The molecule has 3 N–H and O–H groups in total. The van der Waals surface area contributed by atoms with Crippen LogP contribution in [0.2, 0.25) is 0 Å². The Morgan fingerprint density at radius 2 is 2.44 bits per heavy atom. The van der Waals surface area contributed by atoms with Crippen molar-refractivity contribution in [2.24, 2.45) is 17.3 Å². The number of nitrogens with one attached hydrogen (secondary N) is 1. The highest BCUT2D eigenvalue weighted by Gasteiger charge is 2.55. The van der Waals surface area contributed by atoms with E-state index in [2.05, 4.69) is 18.5 Å². The molecule has 1 fully saturated rings. The highest BCUT2D eigenvalue weighted by atomic mass is 16.5. The van der Waals surface area contributed by atoms with Gasteiger partial charge < -0.3 is 10.3 Å². The number of hydroxylamine groups is 1. The summed E-state index contributed by atoms with van der Waals surface area (Å²) >= 11 is 0. The molecule has 0 aromatic heterocycles. The van der Waals surface area contributed by atoms with Crippen LogP contribution in [0.5, 0.6) is 0 Å². The third kappa shape index (κ3) is 1.76. The molecular formula is C12H19NO3.